The first-order valence-corrected chi connectivity index (χ1v) is 10.0. The van der Waals surface area contributed by atoms with Gasteiger partial charge in [0.2, 0.25) is 5.91 Å². The van der Waals surface area contributed by atoms with Gasteiger partial charge in [-0.25, -0.2) is 0 Å². The van der Waals surface area contributed by atoms with Gasteiger partial charge in [-0.2, -0.15) is 0 Å². The van der Waals surface area contributed by atoms with Crippen molar-refractivity contribution >= 4 is 87.2 Å². The third-order valence-corrected chi connectivity index (χ3v) is 9.38. The molecule has 0 aromatic heterocycles. The molecule has 2 aliphatic carbocycles. The van der Waals surface area contributed by atoms with Gasteiger partial charge in [-0.15, -0.1) is 23.2 Å². The van der Waals surface area contributed by atoms with E-state index in [4.69, 9.17) is 69.6 Å². The molecule has 0 saturated heterocycles. The smallest absolute Gasteiger partial charge is 0.309 e. The van der Waals surface area contributed by atoms with Gasteiger partial charge in [0.1, 0.15) is 9.75 Å². The molecule has 1 saturated carbocycles. The standard InChI is InChI=1S/C17H13Cl6NO3/c1-6-3-4-8(7(2)5-6)24-13(25)9-10(14(26)27)16(21)12(19)11(18)15(9,20)17(16,22)23/h3-5,9-10H,1-2H3,(H,24,25)(H,26,27)/t9-,10-,15-,16-/m0/s1. The van der Waals surface area contributed by atoms with Crippen LogP contribution in [0.2, 0.25) is 0 Å². The Bertz CT molecular complexity index is 901. The number of carboxylic acid groups (broad SMARTS) is 1. The fourth-order valence-electron chi connectivity index (χ4n) is 3.79. The molecule has 3 rings (SSSR count). The molecule has 0 aliphatic heterocycles. The zero-order valence-corrected chi connectivity index (χ0v) is 18.5. The van der Waals surface area contributed by atoms with E-state index < -0.39 is 37.8 Å². The van der Waals surface area contributed by atoms with Crippen molar-refractivity contribution in [1.82, 2.24) is 0 Å². The van der Waals surface area contributed by atoms with E-state index in [1.807, 2.05) is 13.0 Å². The van der Waals surface area contributed by atoms with Gasteiger partial charge < -0.3 is 10.4 Å². The number of fused-ring (bicyclic) bond motifs is 2. The van der Waals surface area contributed by atoms with Crippen LogP contribution in [0.4, 0.5) is 5.69 Å². The maximum absolute atomic E-state index is 13.1. The first-order chi connectivity index (χ1) is 12.3. The van der Waals surface area contributed by atoms with E-state index in [9.17, 15) is 14.7 Å². The van der Waals surface area contributed by atoms with Crippen LogP contribution in [0.1, 0.15) is 11.1 Å². The fraction of sp³-hybridized carbons (Fsp3) is 0.412. The van der Waals surface area contributed by atoms with Gasteiger partial charge in [0, 0.05) is 5.69 Å². The summed E-state index contributed by atoms with van der Waals surface area (Å²) in [4.78, 5) is 21.0. The first-order valence-electron chi connectivity index (χ1n) is 7.74. The predicted octanol–water partition coefficient (Wildman–Crippen LogP) is 5.40. The van der Waals surface area contributed by atoms with Crippen molar-refractivity contribution in [3.05, 3.63) is 39.4 Å². The van der Waals surface area contributed by atoms with Crippen LogP contribution in [-0.4, -0.2) is 31.1 Å². The number of alkyl halides is 4. The van der Waals surface area contributed by atoms with E-state index in [-0.39, 0.29) is 10.1 Å². The number of benzene rings is 1. The van der Waals surface area contributed by atoms with E-state index in [1.165, 1.54) is 0 Å². The largest absolute Gasteiger partial charge is 0.481 e. The number of nitrogens with one attached hydrogen (secondary N) is 1. The van der Waals surface area contributed by atoms with Gasteiger partial charge in [0.05, 0.1) is 21.9 Å². The van der Waals surface area contributed by atoms with Crippen molar-refractivity contribution in [2.24, 2.45) is 11.8 Å². The van der Waals surface area contributed by atoms with E-state index in [0.717, 1.165) is 11.1 Å². The lowest BCUT2D eigenvalue weighted by atomic mass is 9.81. The number of aryl methyl sites for hydroxylation is 2. The summed E-state index contributed by atoms with van der Waals surface area (Å²) in [5, 5.41) is 11.9. The minimum Gasteiger partial charge on any atom is -0.481 e. The number of carbonyl (C=O) groups excluding carboxylic acids is 1. The number of hydrogen-bond donors (Lipinski definition) is 2. The van der Waals surface area contributed by atoms with Crippen molar-refractivity contribution in [2.75, 3.05) is 5.32 Å². The molecule has 1 aromatic rings. The zero-order chi connectivity index (χ0) is 20.5. The average Bonchev–Trinajstić information content (AvgIpc) is 2.77. The van der Waals surface area contributed by atoms with E-state index in [0.29, 0.717) is 5.69 Å². The SMILES string of the molecule is Cc1ccc(NC(=O)[C@@H]2[C@@H](C(=O)O)[C@]3(Cl)C(Cl)=C(Cl)[C@]2(Cl)C3(Cl)Cl)c(C)c1. The van der Waals surface area contributed by atoms with Crippen molar-refractivity contribution in [3.63, 3.8) is 0 Å². The summed E-state index contributed by atoms with van der Waals surface area (Å²) < 4.78 is -2.12. The molecule has 4 atom stereocenters. The Morgan fingerprint density at radius 2 is 1.52 bits per heavy atom. The molecule has 0 radical (unpaired) electrons. The van der Waals surface area contributed by atoms with Gasteiger partial charge in [-0.3, -0.25) is 9.59 Å². The van der Waals surface area contributed by atoms with Crippen molar-refractivity contribution in [1.29, 1.82) is 0 Å². The van der Waals surface area contributed by atoms with Crippen LogP contribution >= 0.6 is 69.6 Å². The first kappa shape index (κ1) is 21.4. The Morgan fingerprint density at radius 3 is 2.00 bits per heavy atom. The maximum atomic E-state index is 13.1. The summed E-state index contributed by atoms with van der Waals surface area (Å²) in [5.74, 6) is -5.19. The number of carboxylic acids is 1. The van der Waals surface area contributed by atoms with Gasteiger partial charge in [-0.1, -0.05) is 64.1 Å². The average molecular weight is 492 g/mol. The number of halogens is 6. The Balaban J connectivity index is 2.11. The summed E-state index contributed by atoms with van der Waals surface area (Å²) in [7, 11) is 0. The van der Waals surface area contributed by atoms with Crippen LogP contribution in [0, 0.1) is 25.7 Å². The second kappa shape index (κ2) is 6.58. The van der Waals surface area contributed by atoms with Crippen LogP contribution in [0.25, 0.3) is 0 Å². The Morgan fingerprint density at radius 1 is 1.00 bits per heavy atom. The lowest BCUT2D eigenvalue weighted by Gasteiger charge is -2.33. The molecule has 146 valence electrons. The molecule has 0 heterocycles. The molecule has 4 nitrogen and oxygen atoms in total. The Hall–Kier alpha value is -0.360. The predicted molar refractivity (Wildman–Crippen MR) is 109 cm³/mol. The van der Waals surface area contributed by atoms with Gasteiger partial charge in [0.15, 0.2) is 4.33 Å². The normalized spacial score (nSPS) is 34.1. The highest BCUT2D eigenvalue weighted by Gasteiger charge is 2.85. The van der Waals surface area contributed by atoms with Crippen LogP contribution in [0.3, 0.4) is 0 Å². The number of amides is 1. The van der Waals surface area contributed by atoms with E-state index in [1.54, 1.807) is 19.1 Å². The summed E-state index contributed by atoms with van der Waals surface area (Å²) in [6.07, 6.45) is 0. The zero-order valence-electron chi connectivity index (χ0n) is 13.9. The van der Waals surface area contributed by atoms with Gasteiger partial charge in [0.25, 0.3) is 0 Å². The molecule has 0 spiro atoms. The van der Waals surface area contributed by atoms with E-state index in [2.05, 4.69) is 5.32 Å². The van der Waals surface area contributed by atoms with Crippen molar-refractivity contribution in [2.45, 2.75) is 27.9 Å². The number of hydrogen-bond acceptors (Lipinski definition) is 2. The number of rotatable bonds is 3. The molecule has 2 aliphatic rings. The molecule has 1 aromatic carbocycles. The summed E-state index contributed by atoms with van der Waals surface area (Å²) >= 11 is 38.3. The van der Waals surface area contributed by atoms with Crippen molar-refractivity contribution in [3.8, 4) is 0 Å². The number of anilines is 1. The Kier molecular flexibility index (Phi) is 5.20. The lowest BCUT2D eigenvalue weighted by molar-refractivity contribution is -0.146. The molecular weight excluding hydrogens is 479 g/mol. The third-order valence-electron chi connectivity index (χ3n) is 5.12. The van der Waals surface area contributed by atoms with Crippen LogP contribution in [0.15, 0.2) is 28.3 Å². The minimum atomic E-state index is -2.12. The molecule has 1 amide bonds. The lowest BCUT2D eigenvalue weighted by Crippen LogP contribution is -2.47. The molecule has 27 heavy (non-hydrogen) atoms. The fourth-order valence-corrected chi connectivity index (χ4v) is 6.73. The molecule has 1 fully saturated rings. The van der Waals surface area contributed by atoms with Crippen LogP contribution in [0.5, 0.6) is 0 Å². The highest BCUT2D eigenvalue weighted by atomic mass is 35.5. The monoisotopic (exact) mass is 489 g/mol. The summed E-state index contributed by atoms with van der Waals surface area (Å²) in [5.41, 5.74) is 2.27. The molecule has 2 N–H and O–H groups in total. The highest BCUT2D eigenvalue weighted by molar-refractivity contribution is 6.66. The van der Waals surface area contributed by atoms with Gasteiger partial charge in [-0.05, 0) is 25.5 Å². The topological polar surface area (TPSA) is 66.4 Å². The second-order valence-corrected chi connectivity index (χ2v) is 10.0. The minimum absolute atomic E-state index is 0.232. The number of aliphatic carboxylic acids is 1. The second-order valence-electron chi connectivity index (χ2n) is 6.73. The van der Waals surface area contributed by atoms with Crippen LogP contribution in [-0.2, 0) is 9.59 Å². The molecular formula is C17H13Cl6NO3. The van der Waals surface area contributed by atoms with E-state index >= 15 is 0 Å². The quantitative estimate of drug-likeness (QED) is 0.556. The third kappa shape index (κ3) is 2.57. The highest BCUT2D eigenvalue weighted by Crippen LogP contribution is 2.76. The Labute approximate surface area is 185 Å². The molecule has 0 unspecified atom stereocenters. The number of carbonyl (C=O) groups is 2. The summed E-state index contributed by atoms with van der Waals surface area (Å²) in [6, 6.07) is 5.36. The van der Waals surface area contributed by atoms with Gasteiger partial charge >= 0.3 is 5.97 Å². The van der Waals surface area contributed by atoms with Crippen LogP contribution < -0.4 is 5.32 Å². The number of allylic oxidation sites excluding steroid dienone is 2. The molecule has 10 heteroatoms. The summed E-state index contributed by atoms with van der Waals surface area (Å²) in [6.45, 7) is 3.71. The molecule has 2 bridgehead atoms. The maximum Gasteiger partial charge on any atom is 0.309 e. The van der Waals surface area contributed by atoms with Crippen molar-refractivity contribution < 1.29 is 14.7 Å².